The number of methoxy groups -OCH3 is 1. The predicted octanol–water partition coefficient (Wildman–Crippen LogP) is 1.94. The van der Waals surface area contributed by atoms with Crippen LogP contribution in [0.5, 0.6) is 11.5 Å². The van der Waals surface area contributed by atoms with Gasteiger partial charge in [0.25, 0.3) is 0 Å². The van der Waals surface area contributed by atoms with Crippen molar-refractivity contribution in [2.24, 2.45) is 5.10 Å². The monoisotopic (exact) mass is 306 g/mol. The molecule has 6 heteroatoms. The van der Waals surface area contributed by atoms with Crippen LogP contribution in [0.3, 0.4) is 0 Å². The van der Waals surface area contributed by atoms with E-state index < -0.39 is 5.60 Å². The first-order valence-electron chi connectivity index (χ1n) is 7.44. The van der Waals surface area contributed by atoms with Gasteiger partial charge >= 0.3 is 0 Å². The number of rotatable bonds is 6. The van der Waals surface area contributed by atoms with Gasteiger partial charge < -0.3 is 14.9 Å². The molecule has 0 bridgehead atoms. The van der Waals surface area contributed by atoms with Crippen molar-refractivity contribution in [3.05, 3.63) is 23.8 Å². The van der Waals surface area contributed by atoms with Gasteiger partial charge in [0.05, 0.1) is 18.9 Å². The van der Waals surface area contributed by atoms with Crippen molar-refractivity contribution < 1.29 is 19.7 Å². The van der Waals surface area contributed by atoms with E-state index in [2.05, 4.69) is 10.5 Å². The van der Waals surface area contributed by atoms with Crippen molar-refractivity contribution in [1.82, 2.24) is 5.43 Å². The molecular formula is C16H22N2O4. The average Bonchev–Trinajstić information content (AvgIpc) is 2.94. The fourth-order valence-electron chi connectivity index (χ4n) is 2.64. The van der Waals surface area contributed by atoms with Crippen LogP contribution < -0.4 is 10.2 Å². The number of carbonyl (C=O) groups excluding carboxylic acids is 1. The van der Waals surface area contributed by atoms with Crippen LogP contribution in [-0.4, -0.2) is 35.0 Å². The number of nitrogens with zero attached hydrogens (tertiary/aromatic N) is 1. The first-order chi connectivity index (χ1) is 10.5. The molecule has 0 saturated heterocycles. The van der Waals surface area contributed by atoms with E-state index in [1.165, 1.54) is 19.4 Å². The van der Waals surface area contributed by atoms with Crippen LogP contribution in [0, 0.1) is 0 Å². The Labute approximate surface area is 129 Å². The summed E-state index contributed by atoms with van der Waals surface area (Å²) in [5.41, 5.74) is 2.46. The van der Waals surface area contributed by atoms with Crippen LogP contribution >= 0.6 is 0 Å². The zero-order valence-electron chi connectivity index (χ0n) is 12.7. The molecule has 2 rings (SSSR count). The lowest BCUT2D eigenvalue weighted by Gasteiger charge is -2.20. The Hall–Kier alpha value is -2.08. The zero-order chi connectivity index (χ0) is 16.0. The lowest BCUT2D eigenvalue weighted by molar-refractivity contribution is -0.122. The smallest absolute Gasteiger partial charge is 0.240 e. The fraction of sp³-hybridized carbons (Fsp3) is 0.500. The van der Waals surface area contributed by atoms with Crippen molar-refractivity contribution >= 4 is 12.1 Å². The van der Waals surface area contributed by atoms with Gasteiger partial charge in [-0.1, -0.05) is 12.8 Å². The van der Waals surface area contributed by atoms with E-state index in [1.54, 1.807) is 12.1 Å². The number of aromatic hydroxyl groups is 1. The number of ether oxygens (including phenoxy) is 1. The standard InChI is InChI=1S/C16H22N2O4/c1-22-14-10-12(4-5-13(14)19)11-17-18-15(20)6-9-16(21)7-2-3-8-16/h4-5,10-11,19,21H,2-3,6-9H2,1H3,(H,18,20). The van der Waals surface area contributed by atoms with Crippen LogP contribution in [-0.2, 0) is 4.79 Å². The quantitative estimate of drug-likeness (QED) is 0.553. The van der Waals surface area contributed by atoms with Gasteiger partial charge in [-0.05, 0) is 43.0 Å². The molecule has 0 aliphatic heterocycles. The molecule has 0 aromatic heterocycles. The summed E-state index contributed by atoms with van der Waals surface area (Å²) in [7, 11) is 1.46. The van der Waals surface area contributed by atoms with Crippen molar-refractivity contribution in [2.75, 3.05) is 7.11 Å². The molecule has 6 nitrogen and oxygen atoms in total. The maximum absolute atomic E-state index is 11.7. The molecule has 1 amide bonds. The Balaban J connectivity index is 1.80. The maximum atomic E-state index is 11.7. The lowest BCUT2D eigenvalue weighted by Crippen LogP contribution is -2.27. The molecule has 1 aromatic carbocycles. The van der Waals surface area contributed by atoms with Gasteiger partial charge in [-0.2, -0.15) is 5.10 Å². The van der Waals surface area contributed by atoms with Gasteiger partial charge in [0.2, 0.25) is 5.91 Å². The number of hydrazone groups is 1. The highest BCUT2D eigenvalue weighted by Gasteiger charge is 2.31. The summed E-state index contributed by atoms with van der Waals surface area (Å²) in [6.45, 7) is 0. The maximum Gasteiger partial charge on any atom is 0.240 e. The molecule has 0 radical (unpaired) electrons. The molecule has 1 aliphatic rings. The Kier molecular flexibility index (Phi) is 5.38. The summed E-state index contributed by atoms with van der Waals surface area (Å²) in [5.74, 6) is 0.176. The Bertz CT molecular complexity index is 551. The summed E-state index contributed by atoms with van der Waals surface area (Å²) >= 11 is 0. The van der Waals surface area contributed by atoms with Crippen LogP contribution in [0.15, 0.2) is 23.3 Å². The molecule has 1 fully saturated rings. The molecule has 1 aliphatic carbocycles. The summed E-state index contributed by atoms with van der Waals surface area (Å²) < 4.78 is 4.99. The minimum absolute atomic E-state index is 0.0495. The summed E-state index contributed by atoms with van der Waals surface area (Å²) in [4.78, 5) is 11.7. The molecule has 22 heavy (non-hydrogen) atoms. The van der Waals surface area contributed by atoms with Gasteiger partial charge in [0.15, 0.2) is 11.5 Å². The summed E-state index contributed by atoms with van der Waals surface area (Å²) in [5, 5.41) is 23.5. The molecule has 0 heterocycles. The van der Waals surface area contributed by atoms with Gasteiger partial charge in [-0.3, -0.25) is 4.79 Å². The first kappa shape index (κ1) is 16.3. The third-order valence-corrected chi connectivity index (χ3v) is 3.96. The molecule has 3 N–H and O–H groups in total. The largest absolute Gasteiger partial charge is 0.504 e. The van der Waals surface area contributed by atoms with Crippen LogP contribution in [0.25, 0.3) is 0 Å². The molecule has 0 unspecified atom stereocenters. The van der Waals surface area contributed by atoms with Crippen molar-refractivity contribution in [3.8, 4) is 11.5 Å². The van der Waals surface area contributed by atoms with E-state index in [9.17, 15) is 15.0 Å². The second-order valence-corrected chi connectivity index (χ2v) is 5.66. The average molecular weight is 306 g/mol. The molecule has 0 spiro atoms. The highest BCUT2D eigenvalue weighted by atomic mass is 16.5. The van der Waals surface area contributed by atoms with Gasteiger partial charge in [0, 0.05) is 6.42 Å². The van der Waals surface area contributed by atoms with Crippen molar-refractivity contribution in [3.63, 3.8) is 0 Å². The van der Waals surface area contributed by atoms with Gasteiger partial charge in [-0.25, -0.2) is 5.43 Å². The Morgan fingerprint density at radius 1 is 1.45 bits per heavy atom. The third-order valence-electron chi connectivity index (χ3n) is 3.96. The van der Waals surface area contributed by atoms with Crippen LogP contribution in [0.1, 0.15) is 44.1 Å². The summed E-state index contributed by atoms with van der Waals surface area (Å²) in [6, 6.07) is 4.78. The van der Waals surface area contributed by atoms with Crippen molar-refractivity contribution in [1.29, 1.82) is 0 Å². The van der Waals surface area contributed by atoms with Crippen molar-refractivity contribution in [2.45, 2.75) is 44.1 Å². The number of aliphatic hydroxyl groups is 1. The Morgan fingerprint density at radius 2 is 2.18 bits per heavy atom. The van der Waals surface area contributed by atoms with Crippen LogP contribution in [0.2, 0.25) is 0 Å². The minimum atomic E-state index is -0.675. The number of nitrogens with one attached hydrogen (secondary N) is 1. The number of phenols is 1. The van der Waals surface area contributed by atoms with E-state index in [1.807, 2.05) is 0 Å². The normalized spacial score (nSPS) is 16.8. The van der Waals surface area contributed by atoms with E-state index in [4.69, 9.17) is 4.74 Å². The number of hydrogen-bond acceptors (Lipinski definition) is 5. The topological polar surface area (TPSA) is 91.2 Å². The predicted molar refractivity (Wildman–Crippen MR) is 83.0 cm³/mol. The van der Waals surface area contributed by atoms with E-state index in [0.717, 1.165) is 25.7 Å². The molecular weight excluding hydrogens is 284 g/mol. The number of phenolic OH excluding ortho intramolecular Hbond substituents is 1. The first-order valence-corrected chi connectivity index (χ1v) is 7.44. The highest BCUT2D eigenvalue weighted by molar-refractivity contribution is 5.83. The van der Waals surface area contributed by atoms with E-state index in [0.29, 0.717) is 17.7 Å². The lowest BCUT2D eigenvalue weighted by atomic mass is 9.96. The Morgan fingerprint density at radius 3 is 2.86 bits per heavy atom. The second kappa shape index (κ2) is 7.26. The minimum Gasteiger partial charge on any atom is -0.504 e. The van der Waals surface area contributed by atoms with Gasteiger partial charge in [-0.15, -0.1) is 0 Å². The highest BCUT2D eigenvalue weighted by Crippen LogP contribution is 2.33. The summed E-state index contributed by atoms with van der Waals surface area (Å²) in [6.07, 6.45) is 5.81. The fourth-order valence-corrected chi connectivity index (χ4v) is 2.64. The van der Waals surface area contributed by atoms with E-state index in [-0.39, 0.29) is 18.1 Å². The number of amides is 1. The molecule has 120 valence electrons. The van der Waals surface area contributed by atoms with Crippen LogP contribution in [0.4, 0.5) is 0 Å². The van der Waals surface area contributed by atoms with E-state index >= 15 is 0 Å². The molecule has 1 saturated carbocycles. The number of benzene rings is 1. The zero-order valence-corrected chi connectivity index (χ0v) is 12.7. The van der Waals surface area contributed by atoms with Gasteiger partial charge in [0.1, 0.15) is 0 Å². The third kappa shape index (κ3) is 4.46. The second-order valence-electron chi connectivity index (χ2n) is 5.66. The molecule has 0 atom stereocenters. The number of hydrogen-bond donors (Lipinski definition) is 3. The SMILES string of the molecule is COc1cc(C=NNC(=O)CCC2(O)CCCC2)ccc1O. The number of carbonyl (C=O) groups is 1. The molecule has 1 aromatic rings.